The second-order valence-electron chi connectivity index (χ2n) is 4.43. The van der Waals surface area contributed by atoms with E-state index in [0.29, 0.717) is 5.92 Å². The summed E-state index contributed by atoms with van der Waals surface area (Å²) in [6.07, 6.45) is 0.642. The fourth-order valence-corrected chi connectivity index (χ4v) is 1.60. The molecule has 1 unspecified atom stereocenters. The molecular formula is C10H18FNO. The summed E-state index contributed by atoms with van der Waals surface area (Å²) >= 11 is 0. The monoisotopic (exact) mass is 187 g/mol. The van der Waals surface area contributed by atoms with Gasteiger partial charge >= 0.3 is 0 Å². The van der Waals surface area contributed by atoms with Crippen molar-refractivity contribution in [3.63, 3.8) is 0 Å². The molecule has 0 bridgehead atoms. The van der Waals surface area contributed by atoms with Crippen LogP contribution in [0.3, 0.4) is 0 Å². The number of halogens is 1. The Morgan fingerprint density at radius 1 is 1.46 bits per heavy atom. The zero-order valence-electron chi connectivity index (χ0n) is 8.51. The fourth-order valence-electron chi connectivity index (χ4n) is 1.60. The Morgan fingerprint density at radius 3 is 2.38 bits per heavy atom. The molecule has 0 heterocycles. The number of hydrogen-bond acceptors (Lipinski definition) is 1. The summed E-state index contributed by atoms with van der Waals surface area (Å²) < 4.78 is 13.1. The highest BCUT2D eigenvalue weighted by atomic mass is 19.1. The zero-order chi connectivity index (χ0) is 10.0. The fraction of sp³-hybridized carbons (Fsp3) is 0.900. The van der Waals surface area contributed by atoms with E-state index < -0.39 is 12.1 Å². The molecule has 3 heteroatoms. The molecule has 1 saturated carbocycles. The molecule has 0 spiro atoms. The van der Waals surface area contributed by atoms with Gasteiger partial charge in [-0.3, -0.25) is 4.79 Å². The summed E-state index contributed by atoms with van der Waals surface area (Å²) in [5, 5.41) is 2.71. The molecule has 0 radical (unpaired) electrons. The highest BCUT2D eigenvalue weighted by molar-refractivity contribution is 5.81. The van der Waals surface area contributed by atoms with E-state index in [4.69, 9.17) is 0 Å². The van der Waals surface area contributed by atoms with Crippen LogP contribution in [0.15, 0.2) is 0 Å². The van der Waals surface area contributed by atoms with Crippen molar-refractivity contribution >= 4 is 5.91 Å². The quantitative estimate of drug-likeness (QED) is 0.718. The largest absolute Gasteiger partial charge is 0.351 e. The van der Waals surface area contributed by atoms with Crippen LogP contribution >= 0.6 is 0 Å². The van der Waals surface area contributed by atoms with Crippen LogP contribution in [0.5, 0.6) is 0 Å². The van der Waals surface area contributed by atoms with Gasteiger partial charge in [-0.25, -0.2) is 4.39 Å². The lowest BCUT2D eigenvalue weighted by atomic mass is 9.82. The van der Waals surface area contributed by atoms with E-state index in [1.165, 1.54) is 0 Å². The van der Waals surface area contributed by atoms with Crippen molar-refractivity contribution in [2.75, 3.05) is 0 Å². The van der Waals surface area contributed by atoms with Gasteiger partial charge in [0.05, 0.1) is 0 Å². The minimum Gasteiger partial charge on any atom is -0.351 e. The highest BCUT2D eigenvalue weighted by Gasteiger charge is 2.30. The molecule has 13 heavy (non-hydrogen) atoms. The van der Waals surface area contributed by atoms with Gasteiger partial charge in [0.25, 0.3) is 5.91 Å². The SMILES string of the molecule is CC1CC(NC(=O)C(F)C(C)C)C1. The Bertz CT molecular complexity index is 187. The van der Waals surface area contributed by atoms with Gasteiger partial charge < -0.3 is 5.32 Å². The Morgan fingerprint density at radius 2 is 2.00 bits per heavy atom. The maximum Gasteiger partial charge on any atom is 0.255 e. The maximum absolute atomic E-state index is 13.1. The molecule has 1 aliphatic rings. The smallest absolute Gasteiger partial charge is 0.255 e. The second-order valence-corrected chi connectivity index (χ2v) is 4.43. The molecule has 1 atom stereocenters. The van der Waals surface area contributed by atoms with E-state index in [1.54, 1.807) is 13.8 Å². The third kappa shape index (κ3) is 2.68. The van der Waals surface area contributed by atoms with Gasteiger partial charge in [-0.15, -0.1) is 0 Å². The van der Waals surface area contributed by atoms with Gasteiger partial charge in [0.15, 0.2) is 6.17 Å². The number of hydrogen-bond donors (Lipinski definition) is 1. The van der Waals surface area contributed by atoms with Crippen molar-refractivity contribution in [1.29, 1.82) is 0 Å². The van der Waals surface area contributed by atoms with Gasteiger partial charge in [-0.05, 0) is 24.7 Å². The third-order valence-electron chi connectivity index (χ3n) is 2.56. The van der Waals surface area contributed by atoms with Crippen molar-refractivity contribution in [3.05, 3.63) is 0 Å². The molecule has 0 saturated heterocycles. The van der Waals surface area contributed by atoms with Crippen LogP contribution in [0.1, 0.15) is 33.6 Å². The molecule has 0 aliphatic heterocycles. The van der Waals surface area contributed by atoms with Gasteiger partial charge in [0.2, 0.25) is 0 Å². The predicted molar refractivity (Wildman–Crippen MR) is 50.1 cm³/mol. The van der Waals surface area contributed by atoms with Crippen LogP contribution in [-0.2, 0) is 4.79 Å². The van der Waals surface area contributed by atoms with Gasteiger partial charge in [-0.2, -0.15) is 0 Å². The van der Waals surface area contributed by atoms with Crippen LogP contribution in [-0.4, -0.2) is 18.1 Å². The molecule has 1 aliphatic carbocycles. The van der Waals surface area contributed by atoms with Crippen LogP contribution in [0.25, 0.3) is 0 Å². The first-order valence-electron chi connectivity index (χ1n) is 4.95. The summed E-state index contributed by atoms with van der Waals surface area (Å²) in [5.41, 5.74) is 0. The second kappa shape index (κ2) is 4.07. The van der Waals surface area contributed by atoms with Gasteiger partial charge in [0.1, 0.15) is 0 Å². The molecule has 0 aromatic heterocycles. The van der Waals surface area contributed by atoms with E-state index in [1.807, 2.05) is 0 Å². The number of carbonyl (C=O) groups excluding carboxylic acids is 1. The number of rotatable bonds is 3. The first-order valence-corrected chi connectivity index (χ1v) is 4.95. The highest BCUT2D eigenvalue weighted by Crippen LogP contribution is 2.26. The van der Waals surface area contributed by atoms with E-state index in [0.717, 1.165) is 12.8 Å². The standard InChI is InChI=1S/C10H18FNO/c1-6(2)9(11)10(13)12-8-4-7(3)5-8/h6-9H,4-5H2,1-3H3,(H,12,13). The number of alkyl halides is 1. The van der Waals surface area contributed by atoms with Crippen molar-refractivity contribution in [2.45, 2.75) is 45.8 Å². The molecule has 1 rings (SSSR count). The molecule has 1 N–H and O–H groups in total. The van der Waals surface area contributed by atoms with E-state index in [2.05, 4.69) is 12.2 Å². The first kappa shape index (κ1) is 10.5. The number of amides is 1. The first-order chi connectivity index (χ1) is 6.00. The summed E-state index contributed by atoms with van der Waals surface area (Å²) in [7, 11) is 0. The molecule has 2 nitrogen and oxygen atoms in total. The van der Waals surface area contributed by atoms with Crippen LogP contribution in [0.2, 0.25) is 0 Å². The van der Waals surface area contributed by atoms with Crippen molar-refractivity contribution in [1.82, 2.24) is 5.32 Å². The maximum atomic E-state index is 13.1. The average Bonchev–Trinajstić information content (AvgIpc) is 2.00. The molecule has 1 fully saturated rings. The Hall–Kier alpha value is -0.600. The lowest BCUT2D eigenvalue weighted by molar-refractivity contribution is -0.129. The molecular weight excluding hydrogens is 169 g/mol. The zero-order valence-corrected chi connectivity index (χ0v) is 8.51. The normalized spacial score (nSPS) is 29.6. The van der Waals surface area contributed by atoms with Gasteiger partial charge in [0, 0.05) is 6.04 Å². The minimum absolute atomic E-state index is 0.222. The minimum atomic E-state index is -1.35. The summed E-state index contributed by atoms with van der Waals surface area (Å²) in [5.74, 6) is 0.0202. The lowest BCUT2D eigenvalue weighted by Gasteiger charge is -2.33. The lowest BCUT2D eigenvalue weighted by Crippen LogP contribution is -2.47. The predicted octanol–water partition coefficient (Wildman–Crippen LogP) is 1.90. The summed E-state index contributed by atoms with van der Waals surface area (Å²) in [4.78, 5) is 11.2. The van der Waals surface area contributed by atoms with E-state index >= 15 is 0 Å². The topological polar surface area (TPSA) is 29.1 Å². The molecule has 0 aromatic carbocycles. The Balaban J connectivity index is 2.25. The summed E-state index contributed by atoms with van der Waals surface area (Å²) in [6, 6.07) is 0.222. The molecule has 1 amide bonds. The van der Waals surface area contributed by atoms with Crippen LogP contribution < -0.4 is 5.32 Å². The van der Waals surface area contributed by atoms with Crippen molar-refractivity contribution in [3.8, 4) is 0 Å². The number of nitrogens with one attached hydrogen (secondary N) is 1. The Labute approximate surface area is 78.9 Å². The van der Waals surface area contributed by atoms with Crippen molar-refractivity contribution < 1.29 is 9.18 Å². The Kier molecular flexibility index (Phi) is 3.28. The third-order valence-corrected chi connectivity index (χ3v) is 2.56. The number of carbonyl (C=O) groups is 1. The summed E-state index contributed by atoms with van der Waals surface area (Å²) in [6.45, 7) is 5.57. The average molecular weight is 187 g/mol. The van der Waals surface area contributed by atoms with E-state index in [-0.39, 0.29) is 12.0 Å². The van der Waals surface area contributed by atoms with E-state index in [9.17, 15) is 9.18 Å². The van der Waals surface area contributed by atoms with Crippen molar-refractivity contribution in [2.24, 2.45) is 11.8 Å². The molecule has 76 valence electrons. The van der Waals surface area contributed by atoms with Gasteiger partial charge in [-0.1, -0.05) is 20.8 Å². The molecule has 0 aromatic rings. The van der Waals surface area contributed by atoms with Crippen LogP contribution in [0.4, 0.5) is 4.39 Å². The van der Waals surface area contributed by atoms with Crippen LogP contribution in [0, 0.1) is 11.8 Å².